The molecule has 1 rings (SSSR count). The van der Waals surface area contributed by atoms with Crippen molar-refractivity contribution in [3.63, 3.8) is 0 Å². The molecule has 4 heteroatoms. The maximum Gasteiger partial charge on any atom is 0.120 e. The van der Waals surface area contributed by atoms with E-state index in [0.717, 1.165) is 0 Å². The van der Waals surface area contributed by atoms with E-state index < -0.39 is 0 Å². The van der Waals surface area contributed by atoms with E-state index in [1.807, 2.05) is 26.8 Å². The Morgan fingerprint density at radius 2 is 2.00 bits per heavy atom. The molecule has 17 heavy (non-hydrogen) atoms. The predicted molar refractivity (Wildman–Crippen MR) is 66.8 cm³/mol. The fourth-order valence-electron chi connectivity index (χ4n) is 1.23. The molecule has 0 heterocycles. The van der Waals surface area contributed by atoms with Crippen LogP contribution in [-0.2, 0) is 4.74 Å². The maximum atomic E-state index is 8.81. The minimum absolute atomic E-state index is 0.164. The zero-order valence-electron chi connectivity index (χ0n) is 10.5. The summed E-state index contributed by atoms with van der Waals surface area (Å²) in [5.41, 5.74) is 6.34. The van der Waals surface area contributed by atoms with Crippen molar-refractivity contribution in [2.24, 2.45) is 0 Å². The lowest BCUT2D eigenvalue weighted by molar-refractivity contribution is -0.0163. The van der Waals surface area contributed by atoms with Crippen LogP contribution in [0.4, 0.5) is 5.69 Å². The molecule has 0 aliphatic carbocycles. The van der Waals surface area contributed by atoms with Gasteiger partial charge in [0.2, 0.25) is 0 Å². The molecule has 0 aliphatic heterocycles. The minimum Gasteiger partial charge on any atom is -0.491 e. The molecule has 0 unspecified atom stereocenters. The van der Waals surface area contributed by atoms with Crippen molar-refractivity contribution in [3.8, 4) is 11.8 Å². The second-order valence-corrected chi connectivity index (χ2v) is 4.67. The minimum atomic E-state index is -0.164. The van der Waals surface area contributed by atoms with Crippen molar-refractivity contribution >= 4 is 5.69 Å². The standard InChI is InChI=1S/C13H18N2O2/c1-13(2,3)17-7-6-16-11-4-5-12(15)10(8-11)9-14/h4-5,8H,6-7,15H2,1-3H3. The van der Waals surface area contributed by atoms with Gasteiger partial charge in [-0.15, -0.1) is 0 Å². The summed E-state index contributed by atoms with van der Waals surface area (Å²) in [7, 11) is 0. The third kappa shape index (κ3) is 4.75. The molecule has 0 saturated carbocycles. The summed E-state index contributed by atoms with van der Waals surface area (Å²) in [4.78, 5) is 0. The van der Waals surface area contributed by atoms with Crippen LogP contribution < -0.4 is 10.5 Å². The first kappa shape index (κ1) is 13.3. The first-order valence-corrected chi connectivity index (χ1v) is 5.49. The quantitative estimate of drug-likeness (QED) is 0.641. The molecular formula is C13H18N2O2. The van der Waals surface area contributed by atoms with Crippen molar-refractivity contribution < 1.29 is 9.47 Å². The normalized spacial score (nSPS) is 10.9. The SMILES string of the molecule is CC(C)(C)OCCOc1ccc(N)c(C#N)c1. The smallest absolute Gasteiger partial charge is 0.120 e. The van der Waals surface area contributed by atoms with E-state index in [9.17, 15) is 0 Å². The summed E-state index contributed by atoms with van der Waals surface area (Å²) in [6, 6.07) is 7.05. The lowest BCUT2D eigenvalue weighted by Gasteiger charge is -2.19. The number of nitrogen functional groups attached to an aromatic ring is 1. The van der Waals surface area contributed by atoms with Crippen LogP contribution in [0.15, 0.2) is 18.2 Å². The highest BCUT2D eigenvalue weighted by atomic mass is 16.5. The number of nitriles is 1. The zero-order chi connectivity index (χ0) is 12.9. The Balaban J connectivity index is 2.45. The molecule has 0 bridgehead atoms. The molecule has 0 amide bonds. The fourth-order valence-corrected chi connectivity index (χ4v) is 1.23. The Morgan fingerprint density at radius 1 is 1.29 bits per heavy atom. The first-order chi connectivity index (χ1) is 7.92. The van der Waals surface area contributed by atoms with Gasteiger partial charge in [0.25, 0.3) is 0 Å². The van der Waals surface area contributed by atoms with E-state index in [-0.39, 0.29) is 5.60 Å². The Hall–Kier alpha value is -1.73. The van der Waals surface area contributed by atoms with E-state index in [1.165, 1.54) is 0 Å². The summed E-state index contributed by atoms with van der Waals surface area (Å²) in [5.74, 6) is 0.633. The Morgan fingerprint density at radius 3 is 2.59 bits per heavy atom. The van der Waals surface area contributed by atoms with E-state index in [4.69, 9.17) is 20.5 Å². The van der Waals surface area contributed by atoms with Gasteiger partial charge in [-0.05, 0) is 39.0 Å². The molecule has 0 fully saturated rings. The van der Waals surface area contributed by atoms with Crippen molar-refractivity contribution in [3.05, 3.63) is 23.8 Å². The van der Waals surface area contributed by atoms with Crippen molar-refractivity contribution in [2.75, 3.05) is 18.9 Å². The molecule has 1 aromatic rings. The average molecular weight is 234 g/mol. The van der Waals surface area contributed by atoms with Crippen LogP contribution in [0.5, 0.6) is 5.75 Å². The number of nitrogens with zero attached hydrogens (tertiary/aromatic N) is 1. The number of hydrogen-bond donors (Lipinski definition) is 1. The third-order valence-electron chi connectivity index (χ3n) is 2.03. The molecule has 2 N–H and O–H groups in total. The molecule has 0 atom stereocenters. The lowest BCUT2D eigenvalue weighted by Crippen LogP contribution is -2.22. The number of anilines is 1. The molecule has 92 valence electrons. The summed E-state index contributed by atoms with van der Waals surface area (Å²) >= 11 is 0. The van der Waals surface area contributed by atoms with Gasteiger partial charge in [-0.3, -0.25) is 0 Å². The zero-order valence-corrected chi connectivity index (χ0v) is 10.5. The number of rotatable bonds is 4. The van der Waals surface area contributed by atoms with Gasteiger partial charge >= 0.3 is 0 Å². The summed E-state index contributed by atoms with van der Waals surface area (Å²) in [6.45, 7) is 6.93. The van der Waals surface area contributed by atoms with Gasteiger partial charge in [0.05, 0.1) is 17.8 Å². The van der Waals surface area contributed by atoms with Gasteiger partial charge in [0.1, 0.15) is 18.4 Å². The number of nitrogens with two attached hydrogens (primary N) is 1. The summed E-state index contributed by atoms with van der Waals surface area (Å²) in [5, 5.41) is 8.81. The molecule has 0 radical (unpaired) electrons. The van der Waals surface area contributed by atoms with Crippen LogP contribution in [0.25, 0.3) is 0 Å². The second kappa shape index (κ2) is 5.55. The number of ether oxygens (including phenoxy) is 2. The van der Waals surface area contributed by atoms with Crippen LogP contribution >= 0.6 is 0 Å². The largest absolute Gasteiger partial charge is 0.491 e. The Labute approximate surface area is 102 Å². The van der Waals surface area contributed by atoms with E-state index in [1.54, 1.807) is 18.2 Å². The van der Waals surface area contributed by atoms with Crippen molar-refractivity contribution in [1.29, 1.82) is 5.26 Å². The molecule has 0 saturated heterocycles. The van der Waals surface area contributed by atoms with E-state index >= 15 is 0 Å². The topological polar surface area (TPSA) is 68.3 Å². The average Bonchev–Trinajstić information content (AvgIpc) is 2.25. The Bertz CT molecular complexity index is 416. The summed E-state index contributed by atoms with van der Waals surface area (Å²) < 4.78 is 11.0. The van der Waals surface area contributed by atoms with Gasteiger partial charge in [-0.25, -0.2) is 0 Å². The molecular weight excluding hydrogens is 216 g/mol. The fraction of sp³-hybridized carbons (Fsp3) is 0.462. The van der Waals surface area contributed by atoms with Crippen LogP contribution in [0.2, 0.25) is 0 Å². The molecule has 0 aromatic heterocycles. The highest BCUT2D eigenvalue weighted by molar-refractivity contribution is 5.56. The highest BCUT2D eigenvalue weighted by Crippen LogP contribution is 2.18. The van der Waals surface area contributed by atoms with Crippen molar-refractivity contribution in [1.82, 2.24) is 0 Å². The van der Waals surface area contributed by atoms with Crippen LogP contribution in [0.1, 0.15) is 26.3 Å². The Kier molecular flexibility index (Phi) is 4.36. The van der Waals surface area contributed by atoms with Crippen LogP contribution in [-0.4, -0.2) is 18.8 Å². The molecule has 1 aromatic carbocycles. The molecule has 0 aliphatic rings. The predicted octanol–water partition coefficient (Wildman–Crippen LogP) is 2.33. The van der Waals surface area contributed by atoms with E-state index in [2.05, 4.69) is 0 Å². The highest BCUT2D eigenvalue weighted by Gasteiger charge is 2.09. The van der Waals surface area contributed by atoms with Crippen molar-refractivity contribution in [2.45, 2.75) is 26.4 Å². The van der Waals surface area contributed by atoms with Gasteiger partial charge in [-0.1, -0.05) is 0 Å². The van der Waals surface area contributed by atoms with Gasteiger partial charge in [0, 0.05) is 5.69 Å². The van der Waals surface area contributed by atoms with Crippen LogP contribution in [0, 0.1) is 11.3 Å². The molecule has 0 spiro atoms. The van der Waals surface area contributed by atoms with Gasteiger partial charge < -0.3 is 15.2 Å². The number of benzene rings is 1. The van der Waals surface area contributed by atoms with Gasteiger partial charge in [0.15, 0.2) is 0 Å². The summed E-state index contributed by atoms with van der Waals surface area (Å²) in [6.07, 6.45) is 0. The monoisotopic (exact) mass is 234 g/mol. The van der Waals surface area contributed by atoms with Crippen LogP contribution in [0.3, 0.4) is 0 Å². The lowest BCUT2D eigenvalue weighted by atomic mass is 10.2. The second-order valence-electron chi connectivity index (χ2n) is 4.67. The third-order valence-corrected chi connectivity index (χ3v) is 2.03. The molecule has 4 nitrogen and oxygen atoms in total. The first-order valence-electron chi connectivity index (χ1n) is 5.49. The number of hydrogen-bond acceptors (Lipinski definition) is 4. The van der Waals surface area contributed by atoms with E-state index in [0.29, 0.717) is 30.2 Å². The van der Waals surface area contributed by atoms with Gasteiger partial charge in [-0.2, -0.15) is 5.26 Å². The maximum absolute atomic E-state index is 8.81.